The smallest absolute Gasteiger partial charge is 0.170 e. The molecule has 20 heavy (non-hydrogen) atoms. The molecule has 6 heteroatoms. The van der Waals surface area contributed by atoms with Crippen molar-refractivity contribution in [2.75, 3.05) is 20.3 Å². The Morgan fingerprint density at radius 1 is 1.35 bits per heavy atom. The zero-order valence-electron chi connectivity index (χ0n) is 12.1. The van der Waals surface area contributed by atoms with Crippen molar-refractivity contribution in [3.63, 3.8) is 0 Å². The second-order valence-electron chi connectivity index (χ2n) is 4.48. The Morgan fingerprint density at radius 3 is 2.70 bits per heavy atom. The van der Waals surface area contributed by atoms with E-state index in [9.17, 15) is 0 Å². The Bertz CT molecular complexity index is 447. The van der Waals surface area contributed by atoms with Crippen LogP contribution in [-0.2, 0) is 16.1 Å². The highest BCUT2D eigenvalue weighted by molar-refractivity contribution is 5.97. The van der Waals surface area contributed by atoms with E-state index in [1.54, 1.807) is 25.3 Å². The van der Waals surface area contributed by atoms with Crippen molar-refractivity contribution >= 4 is 5.84 Å². The summed E-state index contributed by atoms with van der Waals surface area (Å²) >= 11 is 0. The Labute approximate surface area is 119 Å². The molecule has 0 radical (unpaired) electrons. The molecular formula is C14H22N2O4. The molecule has 0 heterocycles. The van der Waals surface area contributed by atoms with Crippen LogP contribution in [0.1, 0.15) is 25.0 Å². The van der Waals surface area contributed by atoms with Crippen LogP contribution in [0.3, 0.4) is 0 Å². The second-order valence-corrected chi connectivity index (χ2v) is 4.48. The van der Waals surface area contributed by atoms with Crippen molar-refractivity contribution in [2.45, 2.75) is 26.6 Å². The van der Waals surface area contributed by atoms with Crippen LogP contribution in [0.25, 0.3) is 0 Å². The van der Waals surface area contributed by atoms with Gasteiger partial charge < -0.3 is 25.2 Å². The fourth-order valence-corrected chi connectivity index (χ4v) is 1.63. The summed E-state index contributed by atoms with van der Waals surface area (Å²) in [5, 5.41) is 11.7. The molecule has 0 atom stereocenters. The molecule has 112 valence electrons. The normalized spacial score (nSPS) is 11.9. The van der Waals surface area contributed by atoms with Crippen LogP contribution >= 0.6 is 0 Å². The van der Waals surface area contributed by atoms with Crippen molar-refractivity contribution in [3.05, 3.63) is 29.3 Å². The average molecular weight is 282 g/mol. The van der Waals surface area contributed by atoms with E-state index < -0.39 is 0 Å². The Morgan fingerprint density at radius 2 is 2.10 bits per heavy atom. The Kier molecular flexibility index (Phi) is 6.83. The maximum Gasteiger partial charge on any atom is 0.170 e. The van der Waals surface area contributed by atoms with Gasteiger partial charge in [0, 0.05) is 11.1 Å². The molecule has 6 nitrogen and oxygen atoms in total. The summed E-state index contributed by atoms with van der Waals surface area (Å²) in [4.78, 5) is 0. The van der Waals surface area contributed by atoms with Gasteiger partial charge in [0.1, 0.15) is 5.75 Å². The van der Waals surface area contributed by atoms with Crippen LogP contribution in [0.4, 0.5) is 0 Å². The van der Waals surface area contributed by atoms with Gasteiger partial charge in [0.05, 0.1) is 33.0 Å². The number of nitrogens with two attached hydrogens (primary N) is 1. The summed E-state index contributed by atoms with van der Waals surface area (Å²) in [7, 11) is 1.59. The monoisotopic (exact) mass is 282 g/mol. The van der Waals surface area contributed by atoms with Crippen LogP contribution in [-0.4, -0.2) is 37.5 Å². The highest BCUT2D eigenvalue weighted by Gasteiger charge is 2.07. The number of ether oxygens (including phenoxy) is 3. The van der Waals surface area contributed by atoms with Crippen molar-refractivity contribution in [1.29, 1.82) is 0 Å². The van der Waals surface area contributed by atoms with E-state index in [2.05, 4.69) is 5.16 Å². The maximum absolute atomic E-state index is 8.69. The quantitative estimate of drug-likeness (QED) is 0.249. The molecule has 1 aromatic rings. The number of nitrogens with zero attached hydrogens (tertiary/aromatic N) is 1. The van der Waals surface area contributed by atoms with Crippen LogP contribution in [0.15, 0.2) is 23.4 Å². The third kappa shape index (κ3) is 5.07. The number of rotatable bonds is 8. The molecule has 0 aromatic heterocycles. The van der Waals surface area contributed by atoms with Crippen molar-refractivity contribution in [1.82, 2.24) is 0 Å². The number of hydrogen-bond acceptors (Lipinski definition) is 5. The Hall–Kier alpha value is -1.79. The summed E-state index contributed by atoms with van der Waals surface area (Å²) in [6, 6.07) is 5.26. The molecule has 0 aliphatic heterocycles. The van der Waals surface area contributed by atoms with Gasteiger partial charge in [-0.3, -0.25) is 0 Å². The van der Waals surface area contributed by atoms with Gasteiger partial charge in [-0.15, -0.1) is 0 Å². The minimum absolute atomic E-state index is 0.0528. The van der Waals surface area contributed by atoms with E-state index in [1.807, 2.05) is 13.8 Å². The molecule has 0 unspecified atom stereocenters. The average Bonchev–Trinajstić information content (AvgIpc) is 2.45. The van der Waals surface area contributed by atoms with Crippen LogP contribution in [0.5, 0.6) is 5.75 Å². The number of benzene rings is 1. The molecule has 0 amide bonds. The highest BCUT2D eigenvalue weighted by Crippen LogP contribution is 2.20. The zero-order chi connectivity index (χ0) is 15.0. The Balaban J connectivity index is 2.62. The molecule has 0 spiro atoms. The van der Waals surface area contributed by atoms with Gasteiger partial charge in [-0.25, -0.2) is 0 Å². The minimum Gasteiger partial charge on any atom is -0.496 e. The van der Waals surface area contributed by atoms with Gasteiger partial charge in [0.2, 0.25) is 0 Å². The van der Waals surface area contributed by atoms with E-state index in [4.69, 9.17) is 25.2 Å². The first-order valence-electron chi connectivity index (χ1n) is 6.42. The summed E-state index contributed by atoms with van der Waals surface area (Å²) in [6.07, 6.45) is 0.192. The van der Waals surface area contributed by atoms with E-state index in [-0.39, 0.29) is 11.9 Å². The van der Waals surface area contributed by atoms with E-state index in [1.165, 1.54) is 0 Å². The fraction of sp³-hybridized carbons (Fsp3) is 0.500. The summed E-state index contributed by atoms with van der Waals surface area (Å²) in [6.45, 7) is 5.36. The first-order valence-corrected chi connectivity index (χ1v) is 6.42. The molecule has 0 saturated carbocycles. The molecule has 0 fully saturated rings. The van der Waals surface area contributed by atoms with Crippen molar-refractivity contribution < 1.29 is 19.4 Å². The standard InChI is InChI=1S/C14H22N2O4/c1-10(2)20-7-6-19-9-12-8-11(14(15)16-17)4-5-13(12)18-3/h4-5,8,10,17H,6-7,9H2,1-3H3,(H2,15,16). The summed E-state index contributed by atoms with van der Waals surface area (Å²) < 4.78 is 16.2. The molecule has 3 N–H and O–H groups in total. The SMILES string of the molecule is COc1ccc(/C(N)=N/O)cc1COCCOC(C)C. The number of amidine groups is 1. The molecular weight excluding hydrogens is 260 g/mol. The van der Waals surface area contributed by atoms with E-state index in [0.717, 1.165) is 5.56 Å². The molecule has 0 aliphatic carbocycles. The maximum atomic E-state index is 8.69. The topological polar surface area (TPSA) is 86.3 Å². The third-order valence-electron chi connectivity index (χ3n) is 2.62. The summed E-state index contributed by atoms with van der Waals surface area (Å²) in [5.41, 5.74) is 7.01. The predicted octanol–water partition coefficient (Wildman–Crippen LogP) is 1.73. The van der Waals surface area contributed by atoms with Gasteiger partial charge in [0.15, 0.2) is 5.84 Å². The van der Waals surface area contributed by atoms with Gasteiger partial charge >= 0.3 is 0 Å². The minimum atomic E-state index is 0.0528. The lowest BCUT2D eigenvalue weighted by atomic mass is 10.1. The third-order valence-corrected chi connectivity index (χ3v) is 2.62. The lowest BCUT2D eigenvalue weighted by Crippen LogP contribution is -2.14. The van der Waals surface area contributed by atoms with Crippen LogP contribution in [0.2, 0.25) is 0 Å². The molecule has 0 bridgehead atoms. The second kappa shape index (κ2) is 8.39. The van der Waals surface area contributed by atoms with Gasteiger partial charge in [0.25, 0.3) is 0 Å². The largest absolute Gasteiger partial charge is 0.496 e. The number of methoxy groups -OCH3 is 1. The molecule has 0 saturated heterocycles. The molecule has 1 aromatic carbocycles. The van der Waals surface area contributed by atoms with Gasteiger partial charge in [-0.2, -0.15) is 0 Å². The van der Waals surface area contributed by atoms with Crippen molar-refractivity contribution in [2.24, 2.45) is 10.9 Å². The summed E-state index contributed by atoms with van der Waals surface area (Å²) in [5.74, 6) is 0.751. The van der Waals surface area contributed by atoms with Gasteiger partial charge in [-0.1, -0.05) is 5.16 Å². The lowest BCUT2D eigenvalue weighted by Gasteiger charge is -2.12. The highest BCUT2D eigenvalue weighted by atomic mass is 16.5. The number of hydrogen-bond donors (Lipinski definition) is 2. The molecule has 0 aliphatic rings. The van der Waals surface area contributed by atoms with Crippen LogP contribution in [0, 0.1) is 0 Å². The predicted molar refractivity (Wildman–Crippen MR) is 76.2 cm³/mol. The lowest BCUT2D eigenvalue weighted by molar-refractivity contribution is 0.0139. The van der Waals surface area contributed by atoms with E-state index in [0.29, 0.717) is 31.1 Å². The zero-order valence-corrected chi connectivity index (χ0v) is 12.1. The first-order chi connectivity index (χ1) is 9.58. The first kappa shape index (κ1) is 16.3. The van der Waals surface area contributed by atoms with E-state index >= 15 is 0 Å². The van der Waals surface area contributed by atoms with Gasteiger partial charge in [-0.05, 0) is 32.0 Å². The fourth-order valence-electron chi connectivity index (χ4n) is 1.63. The van der Waals surface area contributed by atoms with Crippen LogP contribution < -0.4 is 10.5 Å². The number of oxime groups is 1. The molecule has 1 rings (SSSR count). The van der Waals surface area contributed by atoms with Crippen molar-refractivity contribution in [3.8, 4) is 5.75 Å².